The fraction of sp³-hybridized carbons (Fsp3) is 0.743. The van der Waals surface area contributed by atoms with Gasteiger partial charge in [-0.15, -0.1) is 0 Å². The molecule has 0 aliphatic heterocycles. The maximum Gasteiger partial charge on any atom is 0.306 e. The molecule has 80 heavy (non-hydrogen) atoms. The lowest BCUT2D eigenvalue weighted by atomic mass is 10.0. The summed E-state index contributed by atoms with van der Waals surface area (Å²) in [7, 11) is 0. The average Bonchev–Trinajstić information content (AvgIpc) is 3.46. The Morgan fingerprint density at radius 2 is 0.487 bits per heavy atom. The van der Waals surface area contributed by atoms with Crippen molar-refractivity contribution in [2.75, 3.05) is 13.2 Å². The minimum atomic E-state index is -0.788. The number of unbranched alkanes of at least 4 members (excludes halogenated alkanes) is 35. The molecule has 0 aromatic rings. The highest BCUT2D eigenvalue weighted by molar-refractivity contribution is 5.71. The third-order valence-electron chi connectivity index (χ3n) is 14.8. The normalized spacial score (nSPS) is 12.7. The molecule has 6 heteroatoms. The largest absolute Gasteiger partial charge is 0.462 e. The number of carbonyl (C=O) groups is 3. The van der Waals surface area contributed by atoms with Crippen LogP contribution in [0.25, 0.3) is 0 Å². The van der Waals surface area contributed by atoms with Crippen LogP contribution >= 0.6 is 0 Å². The van der Waals surface area contributed by atoms with Gasteiger partial charge in [0.2, 0.25) is 0 Å². The van der Waals surface area contributed by atoms with Gasteiger partial charge in [-0.3, -0.25) is 14.4 Å². The summed E-state index contributed by atoms with van der Waals surface area (Å²) in [6.45, 7) is 6.43. The van der Waals surface area contributed by atoms with Crippen molar-refractivity contribution in [1.29, 1.82) is 0 Å². The minimum absolute atomic E-state index is 0.0830. The lowest BCUT2D eigenvalue weighted by molar-refractivity contribution is -0.167. The smallest absolute Gasteiger partial charge is 0.306 e. The molecule has 0 radical (unpaired) electrons. The first-order valence-electron chi connectivity index (χ1n) is 34.2. The summed E-state index contributed by atoms with van der Waals surface area (Å²) in [5, 5.41) is 0. The number of allylic oxidation sites excluding steroid dienone is 16. The molecule has 0 N–H and O–H groups in total. The van der Waals surface area contributed by atoms with Crippen molar-refractivity contribution in [2.24, 2.45) is 0 Å². The summed E-state index contributed by atoms with van der Waals surface area (Å²) in [5.41, 5.74) is 0. The zero-order valence-electron chi connectivity index (χ0n) is 52.8. The second-order valence-corrected chi connectivity index (χ2v) is 22.7. The van der Waals surface area contributed by atoms with Gasteiger partial charge in [0.05, 0.1) is 0 Å². The third kappa shape index (κ3) is 65.1. The van der Waals surface area contributed by atoms with E-state index in [0.29, 0.717) is 19.3 Å². The van der Waals surface area contributed by atoms with Crippen molar-refractivity contribution >= 4 is 17.9 Å². The fourth-order valence-electron chi connectivity index (χ4n) is 9.78. The van der Waals surface area contributed by atoms with E-state index in [1.54, 1.807) is 0 Å². The second-order valence-electron chi connectivity index (χ2n) is 22.7. The van der Waals surface area contributed by atoms with Crippen molar-refractivity contribution in [3.63, 3.8) is 0 Å². The molecule has 0 aliphatic rings. The van der Waals surface area contributed by atoms with E-state index in [1.165, 1.54) is 180 Å². The molecular formula is C74H128O6. The summed E-state index contributed by atoms with van der Waals surface area (Å²) < 4.78 is 16.9. The molecule has 0 saturated heterocycles. The standard InChI is InChI=1S/C74H128O6/c1-4-7-10-13-16-19-22-25-27-29-31-32-33-34-35-36-37-38-39-40-41-42-43-45-46-49-52-55-58-61-64-67-73(76)79-70-71(69-78-72(75)66-63-60-57-54-51-48-24-21-18-15-12-9-6-3)80-74(77)68-65-62-59-56-53-50-47-44-30-28-26-23-20-17-14-11-8-5-2/h7,9-10,12,16,18-19,21,25,27,31-32,34-35,48,51,71H,4-6,8,11,13-15,17,20,22-24,26,28-30,33,36-47,49-50,52-70H2,1-3H3/b10-7-,12-9-,19-16-,21-18-,27-25-,32-31-,35-34-,51-48-. The highest BCUT2D eigenvalue weighted by atomic mass is 16.6. The Balaban J connectivity index is 4.22. The number of hydrogen-bond acceptors (Lipinski definition) is 6. The first-order chi connectivity index (χ1) is 39.5. The van der Waals surface area contributed by atoms with Gasteiger partial charge in [0, 0.05) is 19.3 Å². The lowest BCUT2D eigenvalue weighted by Gasteiger charge is -2.18. The van der Waals surface area contributed by atoms with Crippen LogP contribution in [0.3, 0.4) is 0 Å². The molecular weight excluding hydrogens is 985 g/mol. The highest BCUT2D eigenvalue weighted by Crippen LogP contribution is 2.18. The number of rotatable bonds is 62. The Labute approximate surface area is 496 Å². The predicted octanol–water partition coefficient (Wildman–Crippen LogP) is 23.6. The van der Waals surface area contributed by atoms with E-state index in [1.807, 2.05) is 0 Å². The molecule has 0 aliphatic carbocycles. The Hall–Kier alpha value is -3.67. The topological polar surface area (TPSA) is 78.9 Å². The van der Waals surface area contributed by atoms with E-state index in [-0.39, 0.29) is 31.1 Å². The lowest BCUT2D eigenvalue weighted by Crippen LogP contribution is -2.30. The molecule has 0 aromatic carbocycles. The maximum atomic E-state index is 12.9. The molecule has 1 atom stereocenters. The van der Waals surface area contributed by atoms with Gasteiger partial charge in [-0.25, -0.2) is 0 Å². The van der Waals surface area contributed by atoms with Crippen molar-refractivity contribution in [1.82, 2.24) is 0 Å². The Morgan fingerprint density at radius 3 is 0.775 bits per heavy atom. The van der Waals surface area contributed by atoms with Gasteiger partial charge in [-0.05, 0) is 96.3 Å². The predicted molar refractivity (Wildman–Crippen MR) is 348 cm³/mol. The van der Waals surface area contributed by atoms with Crippen LogP contribution in [0, 0.1) is 0 Å². The van der Waals surface area contributed by atoms with Crippen molar-refractivity contribution in [3.05, 3.63) is 97.2 Å². The van der Waals surface area contributed by atoms with Crippen LogP contribution in [0.5, 0.6) is 0 Å². The quantitative estimate of drug-likeness (QED) is 0.0261. The van der Waals surface area contributed by atoms with Gasteiger partial charge >= 0.3 is 17.9 Å². The van der Waals surface area contributed by atoms with Gasteiger partial charge in [0.25, 0.3) is 0 Å². The first kappa shape index (κ1) is 76.3. The van der Waals surface area contributed by atoms with Crippen LogP contribution in [0.2, 0.25) is 0 Å². The SMILES string of the molecule is CC/C=C\C/C=C\C/C=C\C/C=C\C/C=C\CCCCCCCCCCCCCCCCCC(=O)OCC(COC(=O)CCCCC/C=C\C/C=C\C/C=C\CC)OC(=O)CCCCCCCCCCCCCCCCCCCC. The molecule has 0 amide bonds. The van der Waals surface area contributed by atoms with Gasteiger partial charge in [0.15, 0.2) is 6.10 Å². The molecule has 0 fully saturated rings. The second kappa shape index (κ2) is 67.8. The maximum absolute atomic E-state index is 12.9. The number of carbonyl (C=O) groups excluding carboxylic acids is 3. The average molecular weight is 1110 g/mol. The molecule has 460 valence electrons. The van der Waals surface area contributed by atoms with Crippen LogP contribution < -0.4 is 0 Å². The van der Waals surface area contributed by atoms with E-state index in [2.05, 4.69) is 118 Å². The van der Waals surface area contributed by atoms with E-state index in [9.17, 15) is 14.4 Å². The summed E-state index contributed by atoms with van der Waals surface area (Å²) in [5.74, 6) is -0.897. The van der Waals surface area contributed by atoms with E-state index in [0.717, 1.165) is 116 Å². The summed E-state index contributed by atoms with van der Waals surface area (Å²) >= 11 is 0. The van der Waals surface area contributed by atoms with E-state index in [4.69, 9.17) is 14.2 Å². The number of ether oxygens (including phenoxy) is 3. The van der Waals surface area contributed by atoms with Crippen LogP contribution in [0.15, 0.2) is 97.2 Å². The molecule has 1 unspecified atom stereocenters. The van der Waals surface area contributed by atoms with Gasteiger partial charge in [-0.1, -0.05) is 317 Å². The first-order valence-corrected chi connectivity index (χ1v) is 34.2. The summed E-state index contributed by atoms with van der Waals surface area (Å²) in [6.07, 6.45) is 91.5. The Morgan fingerprint density at radius 1 is 0.263 bits per heavy atom. The van der Waals surface area contributed by atoms with Crippen LogP contribution in [0.1, 0.15) is 335 Å². The zero-order chi connectivity index (χ0) is 57.8. The monoisotopic (exact) mass is 1110 g/mol. The summed E-state index contributed by atoms with van der Waals surface area (Å²) in [4.78, 5) is 38.3. The molecule has 0 saturated carbocycles. The summed E-state index contributed by atoms with van der Waals surface area (Å²) in [6, 6.07) is 0. The Bertz CT molecular complexity index is 1560. The zero-order valence-corrected chi connectivity index (χ0v) is 52.8. The molecule has 0 aromatic heterocycles. The molecule has 6 nitrogen and oxygen atoms in total. The minimum Gasteiger partial charge on any atom is -0.462 e. The molecule has 0 bridgehead atoms. The third-order valence-corrected chi connectivity index (χ3v) is 14.8. The number of hydrogen-bond donors (Lipinski definition) is 0. The van der Waals surface area contributed by atoms with Crippen molar-refractivity contribution in [3.8, 4) is 0 Å². The number of esters is 3. The molecule has 0 rings (SSSR count). The van der Waals surface area contributed by atoms with Gasteiger partial charge < -0.3 is 14.2 Å². The van der Waals surface area contributed by atoms with Crippen LogP contribution in [0.4, 0.5) is 0 Å². The van der Waals surface area contributed by atoms with Gasteiger partial charge in [-0.2, -0.15) is 0 Å². The Kier molecular flexibility index (Phi) is 64.7. The van der Waals surface area contributed by atoms with Crippen LogP contribution in [-0.4, -0.2) is 37.2 Å². The van der Waals surface area contributed by atoms with Crippen LogP contribution in [-0.2, 0) is 28.6 Å². The van der Waals surface area contributed by atoms with Crippen molar-refractivity contribution < 1.29 is 28.6 Å². The fourth-order valence-corrected chi connectivity index (χ4v) is 9.78. The van der Waals surface area contributed by atoms with Gasteiger partial charge in [0.1, 0.15) is 13.2 Å². The van der Waals surface area contributed by atoms with E-state index < -0.39 is 6.10 Å². The van der Waals surface area contributed by atoms with E-state index >= 15 is 0 Å². The molecule has 0 spiro atoms. The highest BCUT2D eigenvalue weighted by Gasteiger charge is 2.19. The van der Waals surface area contributed by atoms with Crippen molar-refractivity contribution in [2.45, 2.75) is 341 Å². The molecule has 0 heterocycles.